The van der Waals surface area contributed by atoms with E-state index >= 15 is 0 Å². The van der Waals surface area contributed by atoms with Crippen molar-refractivity contribution in [2.75, 3.05) is 6.61 Å². The third-order valence-corrected chi connectivity index (χ3v) is 2.88. The largest absolute Gasteiger partial charge is 0.357 e. The van der Waals surface area contributed by atoms with Gasteiger partial charge in [-0.2, -0.15) is 0 Å². The van der Waals surface area contributed by atoms with Crippen LogP contribution in [-0.2, 0) is 4.74 Å². The van der Waals surface area contributed by atoms with E-state index in [1.165, 1.54) is 11.1 Å². The molecule has 2 nitrogen and oxygen atoms in total. The molecule has 0 aliphatic carbocycles. The first-order valence-electron chi connectivity index (χ1n) is 4.54. The molecule has 2 heterocycles. The lowest BCUT2D eigenvalue weighted by atomic mass is 10.0. The van der Waals surface area contributed by atoms with E-state index in [1.54, 1.807) is 0 Å². The van der Waals surface area contributed by atoms with Crippen molar-refractivity contribution in [1.82, 2.24) is 0 Å². The number of aliphatic imine (C=N–C) groups is 1. The van der Waals surface area contributed by atoms with E-state index in [4.69, 9.17) is 4.74 Å². The second kappa shape index (κ2) is 2.97. The highest BCUT2D eigenvalue weighted by atomic mass is 32.1. The van der Waals surface area contributed by atoms with Crippen molar-refractivity contribution in [3.05, 3.63) is 35.9 Å². The Morgan fingerprint density at radius 1 is 1.36 bits per heavy atom. The van der Waals surface area contributed by atoms with Crippen LogP contribution < -0.4 is 0 Å². The Labute approximate surface area is 87.7 Å². The molecule has 0 amide bonds. The number of fused-ring (bicyclic) bond motifs is 3. The van der Waals surface area contributed by atoms with Gasteiger partial charge in [0.1, 0.15) is 5.44 Å². The molecule has 14 heavy (non-hydrogen) atoms. The zero-order chi connectivity index (χ0) is 9.54. The van der Waals surface area contributed by atoms with E-state index in [2.05, 4.69) is 29.8 Å². The molecule has 3 rings (SSSR count). The summed E-state index contributed by atoms with van der Waals surface area (Å²) in [6.45, 7) is 0.622. The molecule has 0 saturated heterocycles. The van der Waals surface area contributed by atoms with Gasteiger partial charge in [0.2, 0.25) is 0 Å². The maximum atomic E-state index is 5.38. The predicted octanol–water partition coefficient (Wildman–Crippen LogP) is 2.44. The third kappa shape index (κ3) is 1.06. The Bertz CT molecular complexity index is 450. The highest BCUT2D eigenvalue weighted by molar-refractivity contribution is 7.81. The fraction of sp³-hybridized carbons (Fsp3) is 0.182. The summed E-state index contributed by atoms with van der Waals surface area (Å²) in [5.74, 6) is 0. The molecule has 2 aliphatic heterocycles. The molecule has 0 spiro atoms. The minimum absolute atomic E-state index is 0.178. The second-order valence-electron chi connectivity index (χ2n) is 3.32. The second-order valence-corrected chi connectivity index (χ2v) is 3.79. The summed E-state index contributed by atoms with van der Waals surface area (Å²) >= 11 is 4.35. The van der Waals surface area contributed by atoms with Gasteiger partial charge in [0.05, 0.1) is 18.0 Å². The van der Waals surface area contributed by atoms with Gasteiger partial charge >= 0.3 is 0 Å². The lowest BCUT2D eigenvalue weighted by Gasteiger charge is -2.17. The molecule has 70 valence electrons. The van der Waals surface area contributed by atoms with Gasteiger partial charge in [0.15, 0.2) is 0 Å². The molecular weight excluding hydrogens is 194 g/mol. The molecule has 0 saturated carbocycles. The number of rotatable bonds is 0. The van der Waals surface area contributed by atoms with Crippen molar-refractivity contribution in [1.29, 1.82) is 0 Å². The van der Waals surface area contributed by atoms with Crippen LogP contribution in [0.15, 0.2) is 35.3 Å². The van der Waals surface area contributed by atoms with Crippen molar-refractivity contribution in [2.45, 2.75) is 5.44 Å². The van der Waals surface area contributed by atoms with Crippen molar-refractivity contribution in [3.63, 3.8) is 0 Å². The number of para-hydroxylation sites is 1. The average molecular weight is 203 g/mol. The molecule has 0 aromatic heterocycles. The van der Waals surface area contributed by atoms with Crippen LogP contribution in [0.5, 0.6) is 0 Å². The number of benzene rings is 1. The molecule has 0 N–H and O–H groups in total. The average Bonchev–Trinajstić information content (AvgIpc) is 2.59. The Kier molecular flexibility index (Phi) is 1.75. The zero-order valence-corrected chi connectivity index (χ0v) is 8.37. The minimum atomic E-state index is -0.178. The van der Waals surface area contributed by atoms with Gasteiger partial charge in [-0.25, -0.2) is 4.99 Å². The van der Waals surface area contributed by atoms with Crippen LogP contribution in [0.2, 0.25) is 0 Å². The molecule has 1 atom stereocenters. The van der Waals surface area contributed by atoms with Crippen LogP contribution in [0.4, 0.5) is 5.69 Å². The van der Waals surface area contributed by atoms with Gasteiger partial charge in [-0.15, -0.1) is 12.6 Å². The molecule has 1 unspecified atom stereocenters. The highest BCUT2D eigenvalue weighted by Gasteiger charge is 2.27. The van der Waals surface area contributed by atoms with Gasteiger partial charge < -0.3 is 4.74 Å². The van der Waals surface area contributed by atoms with Crippen LogP contribution in [0, 0.1) is 0 Å². The SMILES string of the molecule is SC1OCC=C2C1=Nc1ccccc12. The molecule has 0 bridgehead atoms. The predicted molar refractivity (Wildman–Crippen MR) is 60.2 cm³/mol. The normalized spacial score (nSPS) is 23.6. The number of ether oxygens (including phenoxy) is 1. The van der Waals surface area contributed by atoms with Crippen molar-refractivity contribution < 1.29 is 4.74 Å². The third-order valence-electron chi connectivity index (χ3n) is 2.49. The minimum Gasteiger partial charge on any atom is -0.357 e. The quantitative estimate of drug-likeness (QED) is 0.643. The topological polar surface area (TPSA) is 21.6 Å². The van der Waals surface area contributed by atoms with Crippen molar-refractivity contribution >= 4 is 29.6 Å². The van der Waals surface area contributed by atoms with E-state index in [9.17, 15) is 0 Å². The van der Waals surface area contributed by atoms with Crippen molar-refractivity contribution in [3.8, 4) is 0 Å². The summed E-state index contributed by atoms with van der Waals surface area (Å²) in [7, 11) is 0. The number of hydrogen-bond acceptors (Lipinski definition) is 3. The highest BCUT2D eigenvalue weighted by Crippen LogP contribution is 2.38. The fourth-order valence-electron chi connectivity index (χ4n) is 1.83. The van der Waals surface area contributed by atoms with Gasteiger partial charge in [-0.3, -0.25) is 0 Å². The fourth-order valence-corrected chi connectivity index (χ4v) is 2.11. The lowest BCUT2D eigenvalue weighted by Crippen LogP contribution is -2.22. The summed E-state index contributed by atoms with van der Waals surface area (Å²) in [6, 6.07) is 8.13. The summed E-state index contributed by atoms with van der Waals surface area (Å²) in [5, 5.41) is 0. The maximum Gasteiger partial charge on any atom is 0.143 e. The number of hydrogen-bond donors (Lipinski definition) is 1. The summed E-state index contributed by atoms with van der Waals surface area (Å²) in [4.78, 5) is 4.50. The van der Waals surface area contributed by atoms with E-state index in [-0.39, 0.29) is 5.44 Å². The van der Waals surface area contributed by atoms with E-state index in [1.807, 2.05) is 18.2 Å². The van der Waals surface area contributed by atoms with Crippen LogP contribution in [-0.4, -0.2) is 17.8 Å². The lowest BCUT2D eigenvalue weighted by molar-refractivity contribution is 0.180. The zero-order valence-electron chi connectivity index (χ0n) is 7.47. The van der Waals surface area contributed by atoms with Gasteiger partial charge in [0, 0.05) is 11.1 Å². The Morgan fingerprint density at radius 2 is 2.21 bits per heavy atom. The summed E-state index contributed by atoms with van der Waals surface area (Å²) in [6.07, 6.45) is 2.07. The van der Waals surface area contributed by atoms with Crippen LogP contribution in [0.3, 0.4) is 0 Å². The smallest absolute Gasteiger partial charge is 0.143 e. The summed E-state index contributed by atoms with van der Waals surface area (Å²) < 4.78 is 5.38. The first kappa shape index (κ1) is 8.26. The first-order chi connectivity index (χ1) is 6.86. The van der Waals surface area contributed by atoms with Gasteiger partial charge in [-0.1, -0.05) is 18.2 Å². The Morgan fingerprint density at radius 3 is 3.14 bits per heavy atom. The van der Waals surface area contributed by atoms with Crippen LogP contribution in [0.1, 0.15) is 5.56 Å². The van der Waals surface area contributed by atoms with Crippen molar-refractivity contribution in [2.24, 2.45) is 4.99 Å². The standard InChI is InChI=1S/C11H9NOS/c14-11-10-8(5-6-13-11)7-3-1-2-4-9(7)12-10/h1-5,11,14H,6H2. The number of nitrogens with zero attached hydrogens (tertiary/aromatic N) is 1. The maximum absolute atomic E-state index is 5.38. The number of thiol groups is 1. The van der Waals surface area contributed by atoms with Gasteiger partial charge in [0.25, 0.3) is 0 Å². The first-order valence-corrected chi connectivity index (χ1v) is 5.06. The van der Waals surface area contributed by atoms with E-state index < -0.39 is 0 Å². The summed E-state index contributed by atoms with van der Waals surface area (Å²) in [5.41, 5.74) is 4.18. The van der Waals surface area contributed by atoms with Crippen LogP contribution in [0.25, 0.3) is 5.57 Å². The molecule has 3 heteroatoms. The molecule has 0 fully saturated rings. The monoisotopic (exact) mass is 203 g/mol. The van der Waals surface area contributed by atoms with Crippen LogP contribution >= 0.6 is 12.6 Å². The molecule has 1 aromatic carbocycles. The molecule has 0 radical (unpaired) electrons. The van der Waals surface area contributed by atoms with E-state index in [0.717, 1.165) is 11.4 Å². The Hall–Kier alpha value is -1.06. The molecule has 2 aliphatic rings. The van der Waals surface area contributed by atoms with Gasteiger partial charge in [-0.05, 0) is 12.1 Å². The van der Waals surface area contributed by atoms with E-state index in [0.29, 0.717) is 6.61 Å². The molecule has 1 aromatic rings. The Balaban J connectivity index is 2.20. The molecular formula is C11H9NOS.